The summed E-state index contributed by atoms with van der Waals surface area (Å²) in [6.45, 7) is 2.54. The quantitative estimate of drug-likeness (QED) is 0.0742. The van der Waals surface area contributed by atoms with Crippen molar-refractivity contribution in [1.29, 1.82) is 0 Å². The van der Waals surface area contributed by atoms with Crippen molar-refractivity contribution in [3.8, 4) is 11.5 Å². The molecule has 48 heavy (non-hydrogen) atoms. The number of anilines is 1. The van der Waals surface area contributed by atoms with Crippen LogP contribution < -0.4 is 14.4 Å². The van der Waals surface area contributed by atoms with Gasteiger partial charge in [-0.1, -0.05) is 120 Å². The lowest BCUT2D eigenvalue weighted by Crippen LogP contribution is -2.31. The molecule has 6 rings (SSSR count). The molecule has 1 unspecified atom stereocenters. The summed E-state index contributed by atoms with van der Waals surface area (Å²) in [6.07, 6.45) is 3.01. The molecule has 0 radical (unpaired) electrons. The van der Waals surface area contributed by atoms with E-state index in [0.29, 0.717) is 45.4 Å². The highest BCUT2D eigenvalue weighted by Gasteiger charge is 2.45. The number of aliphatic hydroxyl groups is 1. The fraction of sp³-hybridized carbons (Fsp3) is 0.135. The summed E-state index contributed by atoms with van der Waals surface area (Å²) in [5, 5.41) is 20.8. The van der Waals surface area contributed by atoms with Crippen LogP contribution in [-0.4, -0.2) is 33.6 Å². The molecule has 8 nitrogen and oxygen atoms in total. The van der Waals surface area contributed by atoms with Gasteiger partial charge in [-0.2, -0.15) is 0 Å². The van der Waals surface area contributed by atoms with Gasteiger partial charge in [0.2, 0.25) is 5.13 Å². The highest BCUT2D eigenvalue weighted by Crippen LogP contribution is 2.45. The molecule has 0 bridgehead atoms. The van der Waals surface area contributed by atoms with Crippen LogP contribution in [-0.2, 0) is 21.9 Å². The van der Waals surface area contributed by atoms with Crippen LogP contribution in [0.25, 0.3) is 6.08 Å². The first-order chi connectivity index (χ1) is 23.4. The van der Waals surface area contributed by atoms with Crippen LogP contribution in [0, 0.1) is 0 Å². The number of carbonyl (C=O) groups excluding carboxylic acids is 2. The Bertz CT molecular complexity index is 1960. The fourth-order valence-electron chi connectivity index (χ4n) is 5.10. The van der Waals surface area contributed by atoms with E-state index in [1.54, 1.807) is 24.3 Å². The number of hydrogen-bond donors (Lipinski definition) is 1. The van der Waals surface area contributed by atoms with Gasteiger partial charge in [0.15, 0.2) is 27.4 Å². The Balaban J connectivity index is 1.34. The zero-order valence-corrected chi connectivity index (χ0v) is 28.2. The molecule has 1 amide bonds. The molecule has 1 aliphatic heterocycles. The Hall–Kier alpha value is -4.90. The summed E-state index contributed by atoms with van der Waals surface area (Å²) in [4.78, 5) is 28.8. The van der Waals surface area contributed by atoms with E-state index >= 15 is 0 Å². The van der Waals surface area contributed by atoms with Gasteiger partial charge in [-0.05, 0) is 59.5 Å². The monoisotopic (exact) mass is 695 g/mol. The smallest absolute Gasteiger partial charge is 0.296 e. The van der Waals surface area contributed by atoms with Crippen LogP contribution in [0.2, 0.25) is 5.02 Å². The van der Waals surface area contributed by atoms with Crippen LogP contribution in [0.3, 0.4) is 0 Å². The summed E-state index contributed by atoms with van der Waals surface area (Å²) >= 11 is 8.68. The molecule has 4 aromatic carbocycles. The third kappa shape index (κ3) is 7.62. The van der Waals surface area contributed by atoms with Crippen molar-refractivity contribution in [2.24, 2.45) is 0 Å². The van der Waals surface area contributed by atoms with Gasteiger partial charge in [0, 0.05) is 10.8 Å². The third-order valence-electron chi connectivity index (χ3n) is 7.40. The third-order valence-corrected chi connectivity index (χ3v) is 9.78. The number of nitrogens with zero attached hydrogens (tertiary/aromatic N) is 3. The van der Waals surface area contributed by atoms with E-state index in [1.165, 1.54) is 34.1 Å². The largest absolute Gasteiger partial charge is 0.503 e. The number of thioether (sulfide) groups is 1. The molecule has 1 atom stereocenters. The highest BCUT2D eigenvalue weighted by molar-refractivity contribution is 8.00. The Morgan fingerprint density at radius 2 is 1.67 bits per heavy atom. The van der Waals surface area contributed by atoms with Crippen LogP contribution in [0.15, 0.2) is 125 Å². The van der Waals surface area contributed by atoms with Gasteiger partial charge in [0.05, 0.1) is 18.2 Å². The molecule has 2 heterocycles. The minimum atomic E-state index is -1.00. The van der Waals surface area contributed by atoms with E-state index in [1.807, 2.05) is 91.9 Å². The number of aromatic nitrogens is 2. The van der Waals surface area contributed by atoms with E-state index in [2.05, 4.69) is 10.2 Å². The first-order valence-electron chi connectivity index (χ1n) is 15.1. The molecule has 1 N–H and O–H groups in total. The van der Waals surface area contributed by atoms with Crippen LogP contribution in [0.4, 0.5) is 5.13 Å². The van der Waals surface area contributed by atoms with Crippen LogP contribution >= 0.6 is 34.7 Å². The summed E-state index contributed by atoms with van der Waals surface area (Å²) in [5.74, 6) is -0.348. The standard InChI is InChI=1S/C37H30ClN3O5S2/c1-2-45-31-21-27(16-20-30(31)46-22-25-11-7-4-8-12-25)33-32(29(42)19-15-24-9-5-3-6-10-24)34(43)35(44)41(33)36-39-40-37(48-36)47-23-26-13-17-28(38)18-14-26/h3-21,33,43H,2,22-23H2,1H3. The van der Waals surface area contributed by atoms with Crippen molar-refractivity contribution >= 4 is 57.6 Å². The van der Waals surface area contributed by atoms with E-state index < -0.39 is 23.5 Å². The number of carbonyl (C=O) groups is 2. The topological polar surface area (TPSA) is 102 Å². The van der Waals surface area contributed by atoms with Crippen LogP contribution in [0.5, 0.6) is 11.5 Å². The lowest BCUT2D eigenvalue weighted by atomic mass is 9.95. The Morgan fingerprint density at radius 1 is 0.938 bits per heavy atom. The highest BCUT2D eigenvalue weighted by atomic mass is 35.5. The van der Waals surface area contributed by atoms with E-state index in [0.717, 1.165) is 16.7 Å². The summed E-state index contributed by atoms with van der Waals surface area (Å²) in [7, 11) is 0. The number of benzene rings is 4. The zero-order chi connectivity index (χ0) is 33.5. The molecule has 0 fully saturated rings. The van der Waals surface area contributed by atoms with Crippen molar-refractivity contribution in [3.05, 3.63) is 148 Å². The maximum Gasteiger partial charge on any atom is 0.296 e. The molecule has 0 saturated heterocycles. The molecule has 0 saturated carbocycles. The molecule has 5 aromatic rings. The van der Waals surface area contributed by atoms with Crippen molar-refractivity contribution in [2.45, 2.75) is 29.7 Å². The van der Waals surface area contributed by atoms with Gasteiger partial charge in [0.25, 0.3) is 5.91 Å². The predicted octanol–water partition coefficient (Wildman–Crippen LogP) is 8.64. The average Bonchev–Trinajstić information content (AvgIpc) is 3.69. The summed E-state index contributed by atoms with van der Waals surface area (Å²) in [6, 6.07) is 30.8. The van der Waals surface area contributed by atoms with E-state index in [9.17, 15) is 14.7 Å². The first kappa shape index (κ1) is 33.0. The number of rotatable bonds is 13. The second kappa shape index (κ2) is 15.3. The van der Waals surface area contributed by atoms with Gasteiger partial charge in [-0.15, -0.1) is 10.2 Å². The zero-order valence-electron chi connectivity index (χ0n) is 25.8. The molecular weight excluding hydrogens is 666 g/mol. The van der Waals surface area contributed by atoms with Gasteiger partial charge < -0.3 is 14.6 Å². The molecule has 0 aliphatic carbocycles. The maximum absolute atomic E-state index is 13.8. The van der Waals surface area contributed by atoms with Gasteiger partial charge in [0.1, 0.15) is 6.61 Å². The number of halogens is 1. The number of hydrogen-bond acceptors (Lipinski definition) is 9. The number of aliphatic hydroxyl groups excluding tert-OH is 1. The molecule has 1 aromatic heterocycles. The molecule has 242 valence electrons. The van der Waals surface area contributed by atoms with E-state index in [-0.39, 0.29) is 10.7 Å². The SMILES string of the molecule is CCOc1cc(C2C(C(=O)C=Cc3ccccc3)=C(O)C(=O)N2c2nnc(SCc3ccc(Cl)cc3)s2)ccc1OCc1ccccc1. The first-order valence-corrected chi connectivity index (χ1v) is 17.3. The maximum atomic E-state index is 13.8. The fourth-order valence-corrected chi connectivity index (χ4v) is 7.05. The van der Waals surface area contributed by atoms with Gasteiger partial charge >= 0.3 is 0 Å². The normalized spacial score (nSPS) is 14.6. The molecule has 1 aliphatic rings. The lowest BCUT2D eigenvalue weighted by Gasteiger charge is -2.24. The summed E-state index contributed by atoms with van der Waals surface area (Å²) < 4.78 is 12.7. The molecule has 11 heteroatoms. The number of ether oxygens (including phenoxy) is 2. The Labute approximate surface area is 291 Å². The predicted molar refractivity (Wildman–Crippen MR) is 190 cm³/mol. The van der Waals surface area contributed by atoms with Gasteiger partial charge in [-0.25, -0.2) is 0 Å². The van der Waals surface area contributed by atoms with Crippen molar-refractivity contribution in [2.75, 3.05) is 11.5 Å². The number of allylic oxidation sites excluding steroid dienone is 1. The van der Waals surface area contributed by atoms with Crippen molar-refractivity contribution in [1.82, 2.24) is 10.2 Å². The number of ketones is 1. The molecule has 0 spiro atoms. The average molecular weight is 696 g/mol. The second-order valence-electron chi connectivity index (χ2n) is 10.6. The van der Waals surface area contributed by atoms with Crippen molar-refractivity contribution in [3.63, 3.8) is 0 Å². The minimum absolute atomic E-state index is 0.0712. The summed E-state index contributed by atoms with van der Waals surface area (Å²) in [5.41, 5.74) is 3.30. The van der Waals surface area contributed by atoms with Gasteiger partial charge in [-0.3, -0.25) is 14.5 Å². The second-order valence-corrected chi connectivity index (χ2v) is 13.2. The molecular formula is C37H30ClN3O5S2. The van der Waals surface area contributed by atoms with Crippen LogP contribution in [0.1, 0.15) is 35.2 Å². The van der Waals surface area contributed by atoms with E-state index in [4.69, 9.17) is 21.1 Å². The lowest BCUT2D eigenvalue weighted by molar-refractivity contribution is -0.117. The minimum Gasteiger partial charge on any atom is -0.503 e. The van der Waals surface area contributed by atoms with Crippen molar-refractivity contribution < 1.29 is 24.2 Å². The Morgan fingerprint density at radius 3 is 2.40 bits per heavy atom. The number of amides is 1. The Kier molecular flexibility index (Phi) is 10.5.